The Bertz CT molecular complexity index is 517. The number of rotatable bonds is 5. The van der Waals surface area contributed by atoms with Crippen LogP contribution in [0.1, 0.15) is 71.6 Å². The van der Waals surface area contributed by atoms with Crippen molar-refractivity contribution in [1.82, 2.24) is 4.90 Å². The lowest BCUT2D eigenvalue weighted by Crippen LogP contribution is -2.56. The number of hydrogen-bond acceptors (Lipinski definition) is 4. The highest BCUT2D eigenvalue weighted by molar-refractivity contribution is 5.70. The molecule has 26 heavy (non-hydrogen) atoms. The minimum Gasteiger partial charge on any atom is -0.456 e. The van der Waals surface area contributed by atoms with Crippen molar-refractivity contribution < 1.29 is 27.4 Å². The second-order valence-electron chi connectivity index (χ2n) is 8.66. The third-order valence-electron chi connectivity index (χ3n) is 6.09. The first kappa shape index (κ1) is 19.9. The smallest absolute Gasteiger partial charge is 0.422 e. The molecule has 150 valence electrons. The SMILES string of the molecule is CC(C)C[C@]12CC[C@H](CC(=O)OCC(F)(F)F)N1C1(CCCCC1)OC2. The zero-order valence-electron chi connectivity index (χ0n) is 15.7. The zero-order chi connectivity index (χ0) is 19.0. The molecular formula is C19H30F3NO3. The summed E-state index contributed by atoms with van der Waals surface area (Å²) in [5.74, 6) is -0.263. The maximum atomic E-state index is 12.3. The van der Waals surface area contributed by atoms with Crippen LogP contribution in [0.2, 0.25) is 0 Å². The van der Waals surface area contributed by atoms with Gasteiger partial charge in [-0.3, -0.25) is 9.69 Å². The third kappa shape index (κ3) is 4.03. The van der Waals surface area contributed by atoms with E-state index in [2.05, 4.69) is 23.5 Å². The molecule has 0 aromatic heterocycles. The Morgan fingerprint density at radius 2 is 1.92 bits per heavy atom. The molecular weight excluding hydrogens is 347 g/mol. The Morgan fingerprint density at radius 3 is 2.54 bits per heavy atom. The van der Waals surface area contributed by atoms with E-state index in [1.807, 2.05) is 0 Å². The lowest BCUT2D eigenvalue weighted by atomic mass is 9.84. The number of ether oxygens (including phenoxy) is 2. The molecule has 0 radical (unpaired) electrons. The summed E-state index contributed by atoms with van der Waals surface area (Å²) in [5, 5.41) is 0. The molecule has 3 aliphatic rings. The summed E-state index contributed by atoms with van der Waals surface area (Å²) in [7, 11) is 0. The normalized spacial score (nSPS) is 31.5. The number of alkyl halides is 3. The van der Waals surface area contributed by atoms with E-state index in [1.165, 1.54) is 6.42 Å². The highest BCUT2D eigenvalue weighted by Crippen LogP contribution is 2.54. The summed E-state index contributed by atoms with van der Waals surface area (Å²) in [4.78, 5) is 14.4. The number of fused-ring (bicyclic) bond motifs is 2. The maximum Gasteiger partial charge on any atom is 0.422 e. The molecule has 1 spiro atoms. The van der Waals surface area contributed by atoms with Gasteiger partial charge >= 0.3 is 12.1 Å². The van der Waals surface area contributed by atoms with Crippen LogP contribution >= 0.6 is 0 Å². The Labute approximate surface area is 153 Å². The van der Waals surface area contributed by atoms with Crippen molar-refractivity contribution in [3.8, 4) is 0 Å². The van der Waals surface area contributed by atoms with Gasteiger partial charge in [-0.2, -0.15) is 13.2 Å². The fraction of sp³-hybridized carbons (Fsp3) is 0.947. The highest BCUT2D eigenvalue weighted by atomic mass is 19.4. The second-order valence-corrected chi connectivity index (χ2v) is 8.66. The molecule has 3 rings (SSSR count). The van der Waals surface area contributed by atoms with E-state index in [1.54, 1.807) is 0 Å². The summed E-state index contributed by atoms with van der Waals surface area (Å²) >= 11 is 0. The Kier molecular flexibility index (Phi) is 5.60. The number of esters is 1. The second kappa shape index (κ2) is 7.30. The van der Waals surface area contributed by atoms with Crippen molar-refractivity contribution in [2.45, 2.75) is 95.1 Å². The minimum absolute atomic E-state index is 0.0149. The van der Waals surface area contributed by atoms with Crippen LogP contribution in [0.3, 0.4) is 0 Å². The van der Waals surface area contributed by atoms with Crippen molar-refractivity contribution in [1.29, 1.82) is 0 Å². The van der Waals surface area contributed by atoms with E-state index in [9.17, 15) is 18.0 Å². The number of hydrogen-bond donors (Lipinski definition) is 0. The quantitative estimate of drug-likeness (QED) is 0.665. The van der Waals surface area contributed by atoms with Gasteiger partial charge in [-0.25, -0.2) is 0 Å². The molecule has 2 aliphatic heterocycles. The molecule has 0 aromatic carbocycles. The largest absolute Gasteiger partial charge is 0.456 e. The molecule has 2 heterocycles. The summed E-state index contributed by atoms with van der Waals surface area (Å²) < 4.78 is 47.8. The molecule has 0 aromatic rings. The van der Waals surface area contributed by atoms with Crippen molar-refractivity contribution in [3.63, 3.8) is 0 Å². The van der Waals surface area contributed by atoms with Crippen LogP contribution in [-0.2, 0) is 14.3 Å². The van der Waals surface area contributed by atoms with Crippen LogP contribution in [0.15, 0.2) is 0 Å². The monoisotopic (exact) mass is 377 g/mol. The summed E-state index contributed by atoms with van der Waals surface area (Å²) in [6.45, 7) is 3.53. The van der Waals surface area contributed by atoms with E-state index in [0.717, 1.165) is 44.9 Å². The van der Waals surface area contributed by atoms with Crippen LogP contribution in [0.5, 0.6) is 0 Å². The van der Waals surface area contributed by atoms with Crippen molar-refractivity contribution in [2.75, 3.05) is 13.2 Å². The first-order valence-electron chi connectivity index (χ1n) is 9.82. The van der Waals surface area contributed by atoms with Crippen LogP contribution in [0.4, 0.5) is 13.2 Å². The number of carbonyl (C=O) groups excluding carboxylic acids is 1. The fourth-order valence-electron chi connectivity index (χ4n) is 5.43. The predicted octanol–water partition coefficient (Wildman–Crippen LogP) is 4.42. The van der Waals surface area contributed by atoms with Crippen LogP contribution < -0.4 is 0 Å². The zero-order valence-corrected chi connectivity index (χ0v) is 15.7. The van der Waals surface area contributed by atoms with Gasteiger partial charge in [0.15, 0.2) is 6.61 Å². The van der Waals surface area contributed by atoms with E-state index in [-0.39, 0.29) is 23.7 Å². The molecule has 0 N–H and O–H groups in total. The molecule has 1 saturated carbocycles. The molecule has 3 fully saturated rings. The average molecular weight is 377 g/mol. The topological polar surface area (TPSA) is 38.8 Å². The van der Waals surface area contributed by atoms with Crippen molar-refractivity contribution >= 4 is 5.97 Å². The van der Waals surface area contributed by atoms with Gasteiger partial charge in [0.1, 0.15) is 5.72 Å². The first-order chi connectivity index (χ1) is 12.2. The van der Waals surface area contributed by atoms with E-state index >= 15 is 0 Å². The number of carbonyl (C=O) groups is 1. The molecule has 4 nitrogen and oxygen atoms in total. The van der Waals surface area contributed by atoms with E-state index in [4.69, 9.17) is 4.74 Å². The molecule has 0 bridgehead atoms. The average Bonchev–Trinajstić information content (AvgIpc) is 3.03. The van der Waals surface area contributed by atoms with Gasteiger partial charge in [0.25, 0.3) is 0 Å². The van der Waals surface area contributed by atoms with Crippen molar-refractivity contribution in [2.24, 2.45) is 5.92 Å². The lowest BCUT2D eigenvalue weighted by molar-refractivity contribution is -0.188. The number of halogens is 3. The third-order valence-corrected chi connectivity index (χ3v) is 6.09. The predicted molar refractivity (Wildman–Crippen MR) is 90.4 cm³/mol. The molecule has 1 aliphatic carbocycles. The van der Waals surface area contributed by atoms with Gasteiger partial charge in [-0.15, -0.1) is 0 Å². The van der Waals surface area contributed by atoms with Crippen molar-refractivity contribution in [3.05, 3.63) is 0 Å². The van der Waals surface area contributed by atoms with Gasteiger partial charge < -0.3 is 9.47 Å². The first-order valence-corrected chi connectivity index (χ1v) is 9.82. The Hall–Kier alpha value is -0.820. The summed E-state index contributed by atoms with van der Waals surface area (Å²) in [6.07, 6.45) is 3.55. The maximum absolute atomic E-state index is 12.3. The van der Waals surface area contributed by atoms with Gasteiger partial charge in [0.05, 0.1) is 13.0 Å². The summed E-state index contributed by atoms with van der Waals surface area (Å²) in [6, 6.07) is -0.0879. The van der Waals surface area contributed by atoms with Crippen LogP contribution in [-0.4, -0.2) is 47.6 Å². The molecule has 2 saturated heterocycles. The minimum atomic E-state index is -4.48. The standard InChI is InChI=1S/C19H30F3NO3/c1-14(2)11-17-9-6-15(10-16(24)25-13-19(20,21)22)23(17)18(26-12-17)7-4-3-5-8-18/h14-15H,3-13H2,1-2H3/t15-,17+/m1/s1. The van der Waals surface area contributed by atoms with Crippen LogP contribution in [0, 0.1) is 5.92 Å². The van der Waals surface area contributed by atoms with Gasteiger partial charge in [0.2, 0.25) is 0 Å². The van der Waals surface area contributed by atoms with Gasteiger partial charge in [-0.05, 0) is 50.9 Å². The molecule has 0 amide bonds. The molecule has 2 atom stereocenters. The highest BCUT2D eigenvalue weighted by Gasteiger charge is 2.61. The van der Waals surface area contributed by atoms with Crippen LogP contribution in [0.25, 0.3) is 0 Å². The molecule has 7 heteroatoms. The molecule has 0 unspecified atom stereocenters. The Morgan fingerprint density at radius 1 is 1.23 bits per heavy atom. The van der Waals surface area contributed by atoms with E-state index in [0.29, 0.717) is 12.5 Å². The number of nitrogens with zero attached hydrogens (tertiary/aromatic N) is 1. The van der Waals surface area contributed by atoms with E-state index < -0.39 is 18.8 Å². The lowest BCUT2D eigenvalue weighted by Gasteiger charge is -2.46. The summed E-state index contributed by atoms with van der Waals surface area (Å²) in [5.41, 5.74) is -0.418. The van der Waals surface area contributed by atoms with Gasteiger partial charge in [0, 0.05) is 11.6 Å². The van der Waals surface area contributed by atoms with Gasteiger partial charge in [-0.1, -0.05) is 20.3 Å². The Balaban J connectivity index is 1.75. The fourth-order valence-corrected chi connectivity index (χ4v) is 5.43.